The Morgan fingerprint density at radius 2 is 1.10 bits per heavy atom. The van der Waals surface area contributed by atoms with Crippen LogP contribution in [0.15, 0.2) is 0 Å². The molecule has 7 N–H and O–H groups in total. The minimum Gasteiger partial charge on any atom is -1.00 e. The van der Waals surface area contributed by atoms with Gasteiger partial charge in [-0.3, -0.25) is 9.11 Å². The Hall–Kier alpha value is 0.750. The van der Waals surface area contributed by atoms with Crippen molar-refractivity contribution in [1.82, 2.24) is 0 Å². The van der Waals surface area contributed by atoms with E-state index in [2.05, 4.69) is 0 Å². The largest absolute Gasteiger partial charge is 1.00 e. The molecule has 0 bridgehead atoms. The molecule has 0 aliphatic rings. The molecule has 0 aromatic carbocycles. The van der Waals surface area contributed by atoms with Crippen LogP contribution in [0.1, 0.15) is 1.43 Å². The first kappa shape index (κ1) is 30.9. The van der Waals surface area contributed by atoms with Crippen molar-refractivity contribution < 1.29 is 64.6 Å². The van der Waals surface area contributed by atoms with Gasteiger partial charge in [0.1, 0.15) is 0 Å². The van der Waals surface area contributed by atoms with Crippen LogP contribution in [0.25, 0.3) is 0 Å². The third-order valence-corrected chi connectivity index (χ3v) is 0. The van der Waals surface area contributed by atoms with Crippen LogP contribution in [0, 0.1) is 0 Å². The van der Waals surface area contributed by atoms with Crippen molar-refractivity contribution in [3.8, 4) is 0 Å². The van der Waals surface area contributed by atoms with E-state index in [1.165, 1.54) is 0 Å². The minimum absolute atomic E-state index is 0. The van der Waals surface area contributed by atoms with E-state index in [0.717, 1.165) is 7.11 Å². The summed E-state index contributed by atoms with van der Waals surface area (Å²) in [5, 5.41) is 7.00. The first-order valence-electron chi connectivity index (χ1n) is 1.15. The van der Waals surface area contributed by atoms with Crippen molar-refractivity contribution in [1.29, 1.82) is 0 Å². The molecule has 0 fully saturated rings. The van der Waals surface area contributed by atoms with E-state index >= 15 is 0 Å². The Morgan fingerprint density at radius 3 is 1.10 bits per heavy atom. The summed E-state index contributed by atoms with van der Waals surface area (Å²) in [6.45, 7) is 0. The average molecular weight is 190 g/mol. The topological polar surface area (TPSA) is 158 Å². The smallest absolute Gasteiger partial charge is 1.00 e. The molecule has 0 atom stereocenters. The van der Waals surface area contributed by atoms with Crippen molar-refractivity contribution >= 4 is 10.4 Å². The first-order chi connectivity index (χ1) is 3.00. The molecule has 0 heterocycles. The van der Waals surface area contributed by atoms with Gasteiger partial charge in [0.2, 0.25) is 0 Å². The second-order valence-corrected chi connectivity index (χ2v) is 1.34. The number of aliphatic hydroxyl groups is 1. The first-order valence-corrected chi connectivity index (χ1v) is 2.54. The van der Waals surface area contributed by atoms with Crippen molar-refractivity contribution in [3.05, 3.63) is 0 Å². The number of hydrogen-bond donors (Lipinski definition) is 3. The minimum atomic E-state index is -4.67. The quantitative estimate of drug-likeness (QED) is 0.256. The van der Waals surface area contributed by atoms with Gasteiger partial charge < -0.3 is 17.5 Å². The molecule has 7 nitrogen and oxygen atoms in total. The third kappa shape index (κ3) is 934. The van der Waals surface area contributed by atoms with Crippen molar-refractivity contribution in [2.24, 2.45) is 0 Å². The summed E-state index contributed by atoms with van der Waals surface area (Å²) >= 11 is 0. The van der Waals surface area contributed by atoms with Gasteiger partial charge in [-0.1, -0.05) is 0 Å². The fourth-order valence-corrected chi connectivity index (χ4v) is 0. The van der Waals surface area contributed by atoms with Gasteiger partial charge in [-0.2, -0.15) is 8.42 Å². The normalized spacial score (nSPS) is 6.40. The molecule has 0 aromatic heterocycles. The fraction of sp³-hybridized carbons (Fsp3) is 1.00. The van der Waals surface area contributed by atoms with Crippen LogP contribution in [0.5, 0.6) is 0 Å². The van der Waals surface area contributed by atoms with Crippen molar-refractivity contribution in [3.63, 3.8) is 0 Å². The Labute approximate surface area is 82.0 Å². The van der Waals surface area contributed by atoms with Crippen LogP contribution in [0.2, 0.25) is 0 Å². The van der Waals surface area contributed by atoms with Gasteiger partial charge in [0.05, 0.1) is 0 Å². The van der Waals surface area contributed by atoms with Crippen LogP contribution >= 0.6 is 0 Å². The van der Waals surface area contributed by atoms with E-state index in [9.17, 15) is 0 Å². The molecular weight excluding hydrogens is 179 g/mol. The Bertz CT molecular complexity index is 102. The van der Waals surface area contributed by atoms with Gasteiger partial charge >= 0.3 is 40.0 Å². The van der Waals surface area contributed by atoms with Gasteiger partial charge in [-0.15, -0.1) is 0 Å². The summed E-state index contributed by atoms with van der Waals surface area (Å²) in [7, 11) is -3.67. The zero-order chi connectivity index (χ0) is 6.50. The molecule has 10 heavy (non-hydrogen) atoms. The Kier molecular flexibility index (Phi) is 50.6. The molecular formula is CH11NaO7S. The van der Waals surface area contributed by atoms with E-state index in [0.29, 0.717) is 0 Å². The number of aliphatic hydroxyl groups excluding tert-OH is 1. The summed E-state index contributed by atoms with van der Waals surface area (Å²) in [6.07, 6.45) is 0. The van der Waals surface area contributed by atoms with Crippen molar-refractivity contribution in [2.45, 2.75) is 0 Å². The van der Waals surface area contributed by atoms with Crippen LogP contribution < -0.4 is 29.6 Å². The van der Waals surface area contributed by atoms with Gasteiger partial charge in [-0.25, -0.2) is 0 Å². The summed E-state index contributed by atoms with van der Waals surface area (Å²) in [4.78, 5) is 0. The second-order valence-electron chi connectivity index (χ2n) is 0.448. The fourth-order valence-electron chi connectivity index (χ4n) is 0. The molecule has 0 rings (SSSR count). The maximum absolute atomic E-state index is 8.74. The van der Waals surface area contributed by atoms with Crippen LogP contribution in [0.3, 0.4) is 0 Å². The van der Waals surface area contributed by atoms with Gasteiger partial charge in [0.25, 0.3) is 0 Å². The zero-order valence-electron chi connectivity index (χ0n) is 6.57. The number of rotatable bonds is 0. The van der Waals surface area contributed by atoms with E-state index in [1.807, 2.05) is 0 Å². The van der Waals surface area contributed by atoms with Gasteiger partial charge in [0, 0.05) is 7.11 Å². The predicted octanol–water partition coefficient (Wildman–Crippen LogP) is -5.58. The summed E-state index contributed by atoms with van der Waals surface area (Å²) < 4.78 is 31.6. The Morgan fingerprint density at radius 1 is 1.10 bits per heavy atom. The molecule has 64 valence electrons. The third-order valence-electron chi connectivity index (χ3n) is 0. The average Bonchev–Trinajstić information content (AvgIpc) is 1.36. The van der Waals surface area contributed by atoms with E-state index in [-0.39, 0.29) is 41.9 Å². The molecule has 0 amide bonds. The van der Waals surface area contributed by atoms with Crippen LogP contribution in [0.4, 0.5) is 0 Å². The molecule has 0 spiro atoms. The number of hydrogen-bond acceptors (Lipinski definition) is 3. The van der Waals surface area contributed by atoms with Crippen LogP contribution in [-0.2, 0) is 10.4 Å². The zero-order valence-corrected chi connectivity index (χ0v) is 8.38. The Balaban J connectivity index is -0.00000000972. The van der Waals surface area contributed by atoms with E-state index in [1.54, 1.807) is 0 Å². The second kappa shape index (κ2) is 16.4. The summed E-state index contributed by atoms with van der Waals surface area (Å²) in [6, 6.07) is 0. The van der Waals surface area contributed by atoms with E-state index < -0.39 is 10.4 Å². The standard InChI is InChI=1S/CH4O.Na.H2O4S.2H2O.H/c1-2;;1-5(2,3)4;;;/h2H,1H3;;(H2,1,2,3,4);2*1H2;/q;+1;;;;-1. The van der Waals surface area contributed by atoms with Crippen LogP contribution in [-0.4, -0.2) is 40.7 Å². The molecule has 0 saturated carbocycles. The van der Waals surface area contributed by atoms with Gasteiger partial charge in [0.15, 0.2) is 0 Å². The van der Waals surface area contributed by atoms with Gasteiger partial charge in [-0.05, 0) is 0 Å². The molecule has 0 radical (unpaired) electrons. The molecule has 0 aliphatic carbocycles. The predicted molar refractivity (Wildman–Crippen MR) is 30.7 cm³/mol. The SMILES string of the molecule is CO.O.O.O=S(=O)(O)O.[H-].[Na+]. The molecule has 0 saturated heterocycles. The van der Waals surface area contributed by atoms with E-state index in [4.69, 9.17) is 22.6 Å². The molecule has 0 aliphatic heterocycles. The molecule has 0 aromatic rings. The summed E-state index contributed by atoms with van der Waals surface area (Å²) in [5.74, 6) is 0. The monoisotopic (exact) mass is 190 g/mol. The maximum Gasteiger partial charge on any atom is 1.00 e. The maximum atomic E-state index is 8.74. The molecule has 9 heteroatoms. The molecule has 0 unspecified atom stereocenters. The van der Waals surface area contributed by atoms with Crippen molar-refractivity contribution in [2.75, 3.05) is 7.11 Å². The summed E-state index contributed by atoms with van der Waals surface area (Å²) in [5.41, 5.74) is 0.